The van der Waals surface area contributed by atoms with Crippen molar-refractivity contribution in [2.24, 2.45) is 0 Å². The van der Waals surface area contributed by atoms with Gasteiger partial charge < -0.3 is 10.3 Å². The molecule has 0 unspecified atom stereocenters. The SMILES string of the molecule is O=C(Nc1c(F)cc(F)cc1Br)c1cc2ccccc2[nH]1. The van der Waals surface area contributed by atoms with E-state index in [1.807, 2.05) is 24.3 Å². The lowest BCUT2D eigenvalue weighted by atomic mass is 10.2. The third-order valence-electron chi connectivity index (χ3n) is 3.02. The molecular weight excluding hydrogens is 342 g/mol. The maximum absolute atomic E-state index is 13.7. The number of H-pyrrole nitrogens is 1. The normalized spacial score (nSPS) is 10.8. The van der Waals surface area contributed by atoms with Crippen molar-refractivity contribution in [3.8, 4) is 0 Å². The summed E-state index contributed by atoms with van der Waals surface area (Å²) < 4.78 is 26.9. The molecule has 0 spiro atoms. The molecule has 3 aromatic rings. The van der Waals surface area contributed by atoms with Gasteiger partial charge in [0, 0.05) is 21.4 Å². The van der Waals surface area contributed by atoms with Crippen molar-refractivity contribution in [3.05, 3.63) is 64.3 Å². The highest BCUT2D eigenvalue weighted by Crippen LogP contribution is 2.27. The van der Waals surface area contributed by atoms with Gasteiger partial charge in [0.2, 0.25) is 0 Å². The van der Waals surface area contributed by atoms with Crippen molar-refractivity contribution < 1.29 is 13.6 Å². The van der Waals surface area contributed by atoms with Crippen molar-refractivity contribution in [2.75, 3.05) is 5.32 Å². The second kappa shape index (κ2) is 5.29. The van der Waals surface area contributed by atoms with Gasteiger partial charge in [0.15, 0.2) is 5.82 Å². The van der Waals surface area contributed by atoms with Crippen LogP contribution in [0.5, 0.6) is 0 Å². The van der Waals surface area contributed by atoms with E-state index in [1.165, 1.54) is 0 Å². The number of amides is 1. The number of para-hydroxylation sites is 1. The second-order valence-electron chi connectivity index (χ2n) is 4.47. The average molecular weight is 351 g/mol. The molecule has 3 nitrogen and oxygen atoms in total. The quantitative estimate of drug-likeness (QED) is 0.704. The fourth-order valence-corrected chi connectivity index (χ4v) is 2.55. The smallest absolute Gasteiger partial charge is 0.272 e. The molecule has 0 radical (unpaired) electrons. The van der Waals surface area contributed by atoms with Gasteiger partial charge in [-0.15, -0.1) is 0 Å². The molecule has 2 N–H and O–H groups in total. The number of carbonyl (C=O) groups excluding carboxylic acids is 1. The van der Waals surface area contributed by atoms with Crippen LogP contribution in [0.2, 0.25) is 0 Å². The van der Waals surface area contributed by atoms with E-state index in [0.29, 0.717) is 11.8 Å². The van der Waals surface area contributed by atoms with Gasteiger partial charge in [0.05, 0.1) is 5.69 Å². The molecule has 0 bridgehead atoms. The Bertz CT molecular complexity index is 789. The van der Waals surface area contributed by atoms with Gasteiger partial charge in [-0.2, -0.15) is 0 Å². The van der Waals surface area contributed by atoms with Crippen LogP contribution in [0.3, 0.4) is 0 Å². The van der Waals surface area contributed by atoms with Crippen molar-refractivity contribution in [1.82, 2.24) is 4.98 Å². The van der Waals surface area contributed by atoms with E-state index in [4.69, 9.17) is 0 Å². The third-order valence-corrected chi connectivity index (χ3v) is 3.65. The van der Waals surface area contributed by atoms with E-state index in [0.717, 1.165) is 17.0 Å². The molecular formula is C15H9BrF2N2O. The first kappa shape index (κ1) is 13.8. The molecule has 3 rings (SSSR count). The predicted octanol–water partition coefficient (Wildman–Crippen LogP) is 4.46. The van der Waals surface area contributed by atoms with Gasteiger partial charge in [-0.1, -0.05) is 18.2 Å². The summed E-state index contributed by atoms with van der Waals surface area (Å²) in [6.45, 7) is 0. The predicted molar refractivity (Wildman–Crippen MR) is 80.3 cm³/mol. The maximum Gasteiger partial charge on any atom is 0.272 e. The summed E-state index contributed by atoms with van der Waals surface area (Å²) >= 11 is 3.03. The Morgan fingerprint density at radius 1 is 1.14 bits per heavy atom. The maximum atomic E-state index is 13.7. The highest BCUT2D eigenvalue weighted by molar-refractivity contribution is 9.10. The first-order valence-electron chi connectivity index (χ1n) is 6.08. The molecule has 0 fully saturated rings. The largest absolute Gasteiger partial charge is 0.351 e. The molecule has 1 amide bonds. The molecule has 1 aromatic heterocycles. The number of halogens is 3. The van der Waals surface area contributed by atoms with Crippen molar-refractivity contribution in [2.45, 2.75) is 0 Å². The minimum Gasteiger partial charge on any atom is -0.351 e. The lowest BCUT2D eigenvalue weighted by Gasteiger charge is -2.07. The number of anilines is 1. The van der Waals surface area contributed by atoms with Crippen LogP contribution in [0.4, 0.5) is 14.5 Å². The molecule has 106 valence electrons. The van der Waals surface area contributed by atoms with Gasteiger partial charge in [-0.25, -0.2) is 8.78 Å². The molecule has 0 aliphatic carbocycles. The highest BCUT2D eigenvalue weighted by atomic mass is 79.9. The van der Waals surface area contributed by atoms with E-state index in [-0.39, 0.29) is 10.2 Å². The second-order valence-corrected chi connectivity index (χ2v) is 5.32. The van der Waals surface area contributed by atoms with Gasteiger partial charge in [0.1, 0.15) is 11.5 Å². The van der Waals surface area contributed by atoms with Gasteiger partial charge >= 0.3 is 0 Å². The van der Waals surface area contributed by atoms with E-state index in [2.05, 4.69) is 26.2 Å². The number of nitrogens with one attached hydrogen (secondary N) is 2. The van der Waals surface area contributed by atoms with Crippen LogP contribution in [0.25, 0.3) is 10.9 Å². The standard InChI is InChI=1S/C15H9BrF2N2O/c16-10-6-9(17)7-11(18)14(10)20-15(21)13-5-8-3-1-2-4-12(8)19-13/h1-7,19H,(H,20,21). The van der Waals surface area contributed by atoms with Crippen molar-refractivity contribution in [3.63, 3.8) is 0 Å². The third kappa shape index (κ3) is 2.67. The zero-order valence-corrected chi connectivity index (χ0v) is 12.2. The van der Waals surface area contributed by atoms with Gasteiger partial charge in [-0.3, -0.25) is 4.79 Å². The average Bonchev–Trinajstić information content (AvgIpc) is 2.86. The molecule has 0 aliphatic heterocycles. The van der Waals surface area contributed by atoms with Crippen molar-refractivity contribution in [1.29, 1.82) is 0 Å². The molecule has 1 heterocycles. The van der Waals surface area contributed by atoms with Crippen LogP contribution in [0, 0.1) is 11.6 Å². The number of aromatic nitrogens is 1. The van der Waals surface area contributed by atoms with E-state index < -0.39 is 17.5 Å². The Balaban J connectivity index is 1.93. The lowest BCUT2D eigenvalue weighted by Crippen LogP contribution is -2.14. The fourth-order valence-electron chi connectivity index (χ4n) is 2.04. The Kier molecular flexibility index (Phi) is 3.47. The monoisotopic (exact) mass is 350 g/mol. The molecule has 0 saturated heterocycles. The fraction of sp³-hybridized carbons (Fsp3) is 0. The van der Waals surface area contributed by atoms with Crippen LogP contribution < -0.4 is 5.32 Å². The molecule has 0 aliphatic rings. The zero-order valence-electron chi connectivity index (χ0n) is 10.6. The number of fused-ring (bicyclic) bond motifs is 1. The van der Waals surface area contributed by atoms with Crippen LogP contribution in [0.1, 0.15) is 10.5 Å². The summed E-state index contributed by atoms with van der Waals surface area (Å²) in [5.74, 6) is -2.06. The molecule has 0 saturated carbocycles. The first-order chi connectivity index (χ1) is 10.0. The zero-order chi connectivity index (χ0) is 15.0. The minimum atomic E-state index is -0.841. The number of aromatic amines is 1. The number of hydrogen-bond acceptors (Lipinski definition) is 1. The summed E-state index contributed by atoms with van der Waals surface area (Å²) in [6, 6.07) is 10.9. The van der Waals surface area contributed by atoms with E-state index >= 15 is 0 Å². The summed E-state index contributed by atoms with van der Waals surface area (Å²) in [6.07, 6.45) is 0. The molecule has 2 aromatic carbocycles. The number of benzene rings is 2. The first-order valence-corrected chi connectivity index (χ1v) is 6.87. The minimum absolute atomic E-state index is 0.0972. The molecule has 21 heavy (non-hydrogen) atoms. The summed E-state index contributed by atoms with van der Waals surface area (Å²) in [5, 5.41) is 3.30. The Morgan fingerprint density at radius 2 is 1.90 bits per heavy atom. The van der Waals surface area contributed by atoms with Crippen LogP contribution in [-0.2, 0) is 0 Å². The summed E-state index contributed by atoms with van der Waals surface area (Å²) in [5.41, 5.74) is 1.01. The lowest BCUT2D eigenvalue weighted by molar-refractivity contribution is 0.102. The molecule has 6 heteroatoms. The van der Waals surface area contributed by atoms with Crippen LogP contribution in [-0.4, -0.2) is 10.9 Å². The van der Waals surface area contributed by atoms with E-state index in [9.17, 15) is 13.6 Å². The number of hydrogen-bond donors (Lipinski definition) is 2. The number of rotatable bonds is 2. The van der Waals surface area contributed by atoms with Crippen LogP contribution >= 0.6 is 15.9 Å². The van der Waals surface area contributed by atoms with Crippen LogP contribution in [0.15, 0.2) is 46.9 Å². The Labute approximate surface area is 127 Å². The highest BCUT2D eigenvalue weighted by Gasteiger charge is 2.15. The van der Waals surface area contributed by atoms with Gasteiger partial charge in [-0.05, 0) is 34.1 Å². The Morgan fingerprint density at radius 3 is 2.62 bits per heavy atom. The topological polar surface area (TPSA) is 44.9 Å². The van der Waals surface area contributed by atoms with Crippen molar-refractivity contribution >= 4 is 38.4 Å². The number of carbonyl (C=O) groups is 1. The summed E-state index contributed by atoms with van der Waals surface area (Å²) in [4.78, 5) is 15.1. The Hall–Kier alpha value is -2.21. The summed E-state index contributed by atoms with van der Waals surface area (Å²) in [7, 11) is 0. The van der Waals surface area contributed by atoms with Gasteiger partial charge in [0.25, 0.3) is 5.91 Å². The molecule has 0 atom stereocenters. The van der Waals surface area contributed by atoms with E-state index in [1.54, 1.807) is 6.07 Å².